The van der Waals surface area contributed by atoms with Crippen molar-refractivity contribution in [3.05, 3.63) is 36.7 Å². The lowest BCUT2D eigenvalue weighted by Gasteiger charge is -2.17. The monoisotopic (exact) mass is 217 g/mol. The Hall–Kier alpha value is -2.04. The smallest absolute Gasteiger partial charge is 0.0922 e. The Bertz CT molecular complexity index is 435. The molecule has 0 fully saturated rings. The van der Waals surface area contributed by atoms with Crippen molar-refractivity contribution in [3.8, 4) is 0 Å². The van der Waals surface area contributed by atoms with E-state index in [9.17, 15) is 0 Å². The van der Waals surface area contributed by atoms with Gasteiger partial charge in [0, 0.05) is 26.5 Å². The van der Waals surface area contributed by atoms with Crippen LogP contribution in [0, 0.1) is 0 Å². The van der Waals surface area contributed by atoms with Crippen LogP contribution in [0.3, 0.4) is 0 Å². The van der Waals surface area contributed by atoms with Crippen LogP contribution in [-0.4, -0.2) is 29.0 Å². The molecule has 0 aliphatic rings. The van der Waals surface area contributed by atoms with E-state index >= 15 is 0 Å². The van der Waals surface area contributed by atoms with Crippen molar-refractivity contribution in [2.75, 3.05) is 24.3 Å². The molecule has 2 aromatic rings. The molecule has 2 rings (SSSR count). The molecule has 2 aromatic heterocycles. The van der Waals surface area contributed by atoms with Gasteiger partial charge >= 0.3 is 0 Å². The van der Waals surface area contributed by atoms with Crippen LogP contribution in [0.2, 0.25) is 0 Å². The average molecular weight is 217 g/mol. The number of hydrogen-bond acceptors (Lipinski definition) is 4. The van der Waals surface area contributed by atoms with Crippen molar-refractivity contribution in [1.82, 2.24) is 15.0 Å². The molecule has 2 N–H and O–H groups in total. The number of nitrogens with one attached hydrogen (secondary N) is 2. The molecule has 5 heteroatoms. The molecule has 0 aromatic carbocycles. The summed E-state index contributed by atoms with van der Waals surface area (Å²) >= 11 is 0. The lowest BCUT2D eigenvalue weighted by Crippen LogP contribution is -2.12. The third-order valence-electron chi connectivity index (χ3n) is 2.30. The quantitative estimate of drug-likeness (QED) is 0.814. The largest absolute Gasteiger partial charge is 0.376 e. The van der Waals surface area contributed by atoms with E-state index in [-0.39, 0.29) is 0 Å². The highest BCUT2D eigenvalue weighted by Gasteiger charge is 2.03. The van der Waals surface area contributed by atoms with E-state index in [1.807, 2.05) is 26.4 Å². The van der Waals surface area contributed by atoms with Gasteiger partial charge in [-0.2, -0.15) is 0 Å². The molecule has 0 unspecified atom stereocenters. The molecule has 0 bridgehead atoms. The van der Waals surface area contributed by atoms with Gasteiger partial charge < -0.3 is 15.2 Å². The first-order valence-electron chi connectivity index (χ1n) is 5.10. The molecule has 2 heterocycles. The maximum Gasteiger partial charge on any atom is 0.0922 e. The Labute approximate surface area is 94.5 Å². The number of rotatable bonds is 4. The summed E-state index contributed by atoms with van der Waals surface area (Å²) in [6.45, 7) is 0.715. The van der Waals surface area contributed by atoms with E-state index in [0.29, 0.717) is 6.54 Å². The summed E-state index contributed by atoms with van der Waals surface area (Å²) in [5.41, 5.74) is 3.19. The summed E-state index contributed by atoms with van der Waals surface area (Å²) in [6, 6.07) is 1.98. The molecule has 0 radical (unpaired) electrons. The predicted octanol–water partition coefficient (Wildman–Crippen LogP) is 1.48. The number of aromatic amines is 1. The summed E-state index contributed by atoms with van der Waals surface area (Å²) in [5.74, 6) is 0. The molecule has 5 nitrogen and oxygen atoms in total. The fraction of sp³-hybridized carbons (Fsp3) is 0.273. The van der Waals surface area contributed by atoms with E-state index in [1.54, 1.807) is 18.7 Å². The number of hydrogen-bond donors (Lipinski definition) is 2. The normalized spacial score (nSPS) is 10.1. The van der Waals surface area contributed by atoms with Crippen molar-refractivity contribution < 1.29 is 0 Å². The van der Waals surface area contributed by atoms with Crippen LogP contribution in [0.4, 0.5) is 11.4 Å². The standard InChI is InChI=1S/C11H15N5/c1-16(2)11-3-4-12-7-10(11)14-6-9-5-13-8-15-9/h3-5,7-8,14H,6H2,1-2H3,(H,13,15). The maximum atomic E-state index is 4.11. The zero-order chi connectivity index (χ0) is 11.4. The van der Waals surface area contributed by atoms with Crippen LogP contribution in [0.1, 0.15) is 5.69 Å². The van der Waals surface area contributed by atoms with Crippen LogP contribution in [-0.2, 0) is 6.54 Å². The summed E-state index contributed by atoms with van der Waals surface area (Å²) in [6.07, 6.45) is 7.09. The third kappa shape index (κ3) is 2.31. The molecular formula is C11H15N5. The van der Waals surface area contributed by atoms with Gasteiger partial charge in [0.2, 0.25) is 0 Å². The van der Waals surface area contributed by atoms with Gasteiger partial charge in [0.25, 0.3) is 0 Å². The summed E-state index contributed by atoms with van der Waals surface area (Å²) in [4.78, 5) is 13.2. The van der Waals surface area contributed by atoms with E-state index in [0.717, 1.165) is 17.1 Å². The van der Waals surface area contributed by atoms with Crippen molar-refractivity contribution in [1.29, 1.82) is 0 Å². The Morgan fingerprint density at radius 1 is 1.31 bits per heavy atom. The van der Waals surface area contributed by atoms with Crippen LogP contribution in [0.5, 0.6) is 0 Å². The van der Waals surface area contributed by atoms with Crippen molar-refractivity contribution >= 4 is 11.4 Å². The summed E-state index contributed by atoms with van der Waals surface area (Å²) in [5, 5.41) is 3.32. The Morgan fingerprint density at radius 2 is 2.19 bits per heavy atom. The minimum atomic E-state index is 0.715. The van der Waals surface area contributed by atoms with Crippen molar-refractivity contribution in [2.24, 2.45) is 0 Å². The molecular weight excluding hydrogens is 202 g/mol. The first-order chi connectivity index (χ1) is 7.77. The van der Waals surface area contributed by atoms with Gasteiger partial charge in [-0.1, -0.05) is 0 Å². The van der Waals surface area contributed by atoms with Crippen molar-refractivity contribution in [3.63, 3.8) is 0 Å². The van der Waals surface area contributed by atoms with Crippen LogP contribution >= 0.6 is 0 Å². The van der Waals surface area contributed by atoms with Gasteiger partial charge in [0.1, 0.15) is 0 Å². The predicted molar refractivity (Wildman–Crippen MR) is 64.5 cm³/mol. The van der Waals surface area contributed by atoms with E-state index < -0.39 is 0 Å². The zero-order valence-electron chi connectivity index (χ0n) is 9.44. The zero-order valence-corrected chi connectivity index (χ0v) is 9.44. The van der Waals surface area contributed by atoms with Gasteiger partial charge in [-0.3, -0.25) is 4.98 Å². The van der Waals surface area contributed by atoms with Gasteiger partial charge in [-0.15, -0.1) is 0 Å². The second-order valence-corrected chi connectivity index (χ2v) is 3.72. The van der Waals surface area contributed by atoms with Gasteiger partial charge in [0.15, 0.2) is 0 Å². The SMILES string of the molecule is CN(C)c1ccncc1NCc1cnc[nH]1. The molecule has 0 saturated carbocycles. The molecule has 0 amide bonds. The number of imidazole rings is 1. The number of anilines is 2. The minimum Gasteiger partial charge on any atom is -0.376 e. The molecule has 0 spiro atoms. The first-order valence-corrected chi connectivity index (χ1v) is 5.10. The van der Waals surface area contributed by atoms with E-state index in [1.165, 1.54) is 0 Å². The fourth-order valence-corrected chi connectivity index (χ4v) is 1.49. The Kier molecular flexibility index (Phi) is 3.05. The highest BCUT2D eigenvalue weighted by atomic mass is 15.1. The lowest BCUT2D eigenvalue weighted by molar-refractivity contribution is 1.05. The Balaban J connectivity index is 2.09. The van der Waals surface area contributed by atoms with Crippen molar-refractivity contribution in [2.45, 2.75) is 6.54 Å². The topological polar surface area (TPSA) is 56.8 Å². The number of aromatic nitrogens is 3. The average Bonchev–Trinajstić information content (AvgIpc) is 2.79. The molecule has 0 aliphatic carbocycles. The second kappa shape index (κ2) is 4.65. The number of nitrogens with zero attached hydrogens (tertiary/aromatic N) is 3. The minimum absolute atomic E-state index is 0.715. The summed E-state index contributed by atoms with van der Waals surface area (Å²) < 4.78 is 0. The summed E-state index contributed by atoms with van der Waals surface area (Å²) in [7, 11) is 4.02. The van der Waals surface area contributed by atoms with Gasteiger partial charge in [0.05, 0.1) is 36.1 Å². The van der Waals surface area contributed by atoms with Crippen LogP contribution in [0.15, 0.2) is 31.0 Å². The number of H-pyrrole nitrogens is 1. The maximum absolute atomic E-state index is 4.11. The highest BCUT2D eigenvalue weighted by Crippen LogP contribution is 2.22. The van der Waals surface area contributed by atoms with Gasteiger partial charge in [-0.05, 0) is 6.07 Å². The number of pyridine rings is 1. The fourth-order valence-electron chi connectivity index (χ4n) is 1.49. The van der Waals surface area contributed by atoms with E-state index in [4.69, 9.17) is 0 Å². The molecule has 0 atom stereocenters. The highest BCUT2D eigenvalue weighted by molar-refractivity contribution is 5.67. The first kappa shape index (κ1) is 10.5. The third-order valence-corrected chi connectivity index (χ3v) is 2.30. The second-order valence-electron chi connectivity index (χ2n) is 3.72. The van der Waals surface area contributed by atoms with Crippen LogP contribution in [0.25, 0.3) is 0 Å². The van der Waals surface area contributed by atoms with Gasteiger partial charge in [-0.25, -0.2) is 4.98 Å². The molecule has 84 valence electrons. The molecule has 0 aliphatic heterocycles. The lowest BCUT2D eigenvalue weighted by atomic mass is 10.3. The van der Waals surface area contributed by atoms with E-state index in [2.05, 4.69) is 25.2 Å². The molecule has 16 heavy (non-hydrogen) atoms. The Morgan fingerprint density at radius 3 is 2.88 bits per heavy atom. The van der Waals surface area contributed by atoms with Crippen LogP contribution < -0.4 is 10.2 Å². The molecule has 0 saturated heterocycles.